The molecule has 0 fully saturated rings. The SMILES string of the molecule is O=C(N[C@@H](CS)C(=O)O)c1ccccc1S. The summed E-state index contributed by atoms with van der Waals surface area (Å²) in [6.45, 7) is 0. The number of carbonyl (C=O) groups is 2. The molecule has 0 unspecified atom stereocenters. The molecule has 1 aromatic carbocycles. The summed E-state index contributed by atoms with van der Waals surface area (Å²) < 4.78 is 0. The van der Waals surface area contributed by atoms with Crippen molar-refractivity contribution in [1.29, 1.82) is 0 Å². The van der Waals surface area contributed by atoms with Gasteiger partial charge in [-0.3, -0.25) is 4.79 Å². The van der Waals surface area contributed by atoms with Crippen LogP contribution in [0.15, 0.2) is 29.2 Å². The van der Waals surface area contributed by atoms with E-state index >= 15 is 0 Å². The highest BCUT2D eigenvalue weighted by Crippen LogP contribution is 2.12. The van der Waals surface area contributed by atoms with E-state index in [1.54, 1.807) is 24.3 Å². The van der Waals surface area contributed by atoms with Gasteiger partial charge in [0.05, 0.1) is 5.56 Å². The molecule has 1 rings (SSSR count). The Morgan fingerprint density at radius 2 is 2.00 bits per heavy atom. The number of benzene rings is 1. The molecular weight excluding hydrogens is 246 g/mol. The van der Waals surface area contributed by atoms with Crippen LogP contribution in [-0.4, -0.2) is 28.8 Å². The van der Waals surface area contributed by atoms with Crippen LogP contribution in [0, 0.1) is 0 Å². The Morgan fingerprint density at radius 3 is 2.50 bits per heavy atom. The van der Waals surface area contributed by atoms with Gasteiger partial charge < -0.3 is 10.4 Å². The summed E-state index contributed by atoms with van der Waals surface area (Å²) in [7, 11) is 0. The van der Waals surface area contributed by atoms with Crippen molar-refractivity contribution in [2.75, 3.05) is 5.75 Å². The fourth-order valence-corrected chi connectivity index (χ4v) is 1.60. The number of nitrogens with one attached hydrogen (secondary N) is 1. The van der Waals surface area contributed by atoms with Gasteiger partial charge in [-0.25, -0.2) is 4.79 Å². The Bertz CT molecular complexity index is 409. The molecule has 0 aromatic heterocycles. The first kappa shape index (κ1) is 12.9. The lowest BCUT2D eigenvalue weighted by Gasteiger charge is -2.12. The van der Waals surface area contributed by atoms with Crippen molar-refractivity contribution < 1.29 is 14.7 Å². The molecule has 16 heavy (non-hydrogen) atoms. The first-order valence-corrected chi connectivity index (χ1v) is 5.56. The minimum atomic E-state index is -1.11. The van der Waals surface area contributed by atoms with Crippen LogP contribution in [0.2, 0.25) is 0 Å². The van der Waals surface area contributed by atoms with E-state index in [1.807, 2.05) is 0 Å². The predicted octanol–water partition coefficient (Wildman–Crippen LogP) is 1.09. The van der Waals surface area contributed by atoms with Crippen molar-refractivity contribution in [3.8, 4) is 0 Å². The highest BCUT2D eigenvalue weighted by Gasteiger charge is 2.19. The Balaban J connectivity index is 2.80. The highest BCUT2D eigenvalue weighted by molar-refractivity contribution is 7.80. The molecule has 6 heteroatoms. The topological polar surface area (TPSA) is 66.4 Å². The Hall–Kier alpha value is -1.14. The molecule has 0 spiro atoms. The van der Waals surface area contributed by atoms with Crippen LogP contribution >= 0.6 is 25.3 Å². The lowest BCUT2D eigenvalue weighted by atomic mass is 10.2. The first-order valence-electron chi connectivity index (χ1n) is 4.48. The maximum Gasteiger partial charge on any atom is 0.327 e. The molecule has 0 saturated carbocycles. The summed E-state index contributed by atoms with van der Waals surface area (Å²) in [5.41, 5.74) is 0.346. The Kier molecular flexibility index (Phi) is 4.70. The predicted molar refractivity (Wildman–Crippen MR) is 66.4 cm³/mol. The molecular formula is C10H11NO3S2. The van der Waals surface area contributed by atoms with Crippen molar-refractivity contribution in [2.24, 2.45) is 0 Å². The number of amides is 1. The molecule has 1 aromatic rings. The maximum atomic E-state index is 11.7. The summed E-state index contributed by atoms with van der Waals surface area (Å²) in [6, 6.07) is 5.67. The summed E-state index contributed by atoms with van der Waals surface area (Å²) in [5.74, 6) is -1.54. The summed E-state index contributed by atoms with van der Waals surface area (Å²) in [4.78, 5) is 22.9. The molecule has 4 nitrogen and oxygen atoms in total. The average molecular weight is 257 g/mol. The molecule has 1 amide bonds. The van der Waals surface area contributed by atoms with Crippen LogP contribution in [0.25, 0.3) is 0 Å². The van der Waals surface area contributed by atoms with Gasteiger partial charge >= 0.3 is 5.97 Å². The third-order valence-corrected chi connectivity index (χ3v) is 2.69. The molecule has 0 saturated heterocycles. The number of carbonyl (C=O) groups excluding carboxylic acids is 1. The third-order valence-electron chi connectivity index (χ3n) is 1.93. The van der Waals surface area contributed by atoms with Crippen LogP contribution in [0.5, 0.6) is 0 Å². The van der Waals surface area contributed by atoms with E-state index in [1.165, 1.54) is 0 Å². The molecule has 0 radical (unpaired) electrons. The van der Waals surface area contributed by atoms with Crippen molar-refractivity contribution in [2.45, 2.75) is 10.9 Å². The van der Waals surface area contributed by atoms with Crippen LogP contribution < -0.4 is 5.32 Å². The monoisotopic (exact) mass is 257 g/mol. The number of aliphatic carboxylic acids is 1. The number of hydrogen-bond donors (Lipinski definition) is 4. The normalized spacial score (nSPS) is 11.9. The molecule has 0 aliphatic carbocycles. The van der Waals surface area contributed by atoms with Crippen LogP contribution in [0.3, 0.4) is 0 Å². The van der Waals surface area contributed by atoms with E-state index in [0.717, 1.165) is 0 Å². The second-order valence-corrected chi connectivity index (χ2v) is 3.91. The Labute approximate surface area is 104 Å². The van der Waals surface area contributed by atoms with Gasteiger partial charge in [-0.05, 0) is 12.1 Å². The molecule has 2 N–H and O–H groups in total. The minimum absolute atomic E-state index is 0.0375. The summed E-state index contributed by atoms with van der Waals surface area (Å²) in [5, 5.41) is 11.1. The van der Waals surface area contributed by atoms with Crippen LogP contribution in [-0.2, 0) is 4.79 Å². The van der Waals surface area contributed by atoms with Gasteiger partial charge in [0.15, 0.2) is 0 Å². The quantitative estimate of drug-likeness (QED) is 0.610. The number of hydrogen-bond acceptors (Lipinski definition) is 4. The molecule has 0 heterocycles. The van der Waals surface area contributed by atoms with Crippen molar-refractivity contribution in [3.63, 3.8) is 0 Å². The van der Waals surface area contributed by atoms with E-state index in [2.05, 4.69) is 30.6 Å². The van der Waals surface area contributed by atoms with Crippen LogP contribution in [0.1, 0.15) is 10.4 Å². The molecule has 0 aliphatic rings. The molecule has 0 aliphatic heterocycles. The second-order valence-electron chi connectivity index (χ2n) is 3.06. The van der Waals surface area contributed by atoms with Crippen molar-refractivity contribution in [3.05, 3.63) is 29.8 Å². The van der Waals surface area contributed by atoms with Gasteiger partial charge in [0.1, 0.15) is 6.04 Å². The standard InChI is InChI=1S/C10H11NO3S2/c12-9(11-7(5-15)10(13)14)6-3-1-2-4-8(6)16/h1-4,7,15-16H,5H2,(H,11,12)(H,13,14)/t7-/m0/s1. The van der Waals surface area contributed by atoms with Crippen molar-refractivity contribution in [1.82, 2.24) is 5.32 Å². The smallest absolute Gasteiger partial charge is 0.327 e. The number of carboxylic acids is 1. The lowest BCUT2D eigenvalue weighted by Crippen LogP contribution is -2.42. The Morgan fingerprint density at radius 1 is 1.38 bits per heavy atom. The largest absolute Gasteiger partial charge is 0.480 e. The van der Waals surface area contributed by atoms with Gasteiger partial charge in [0.25, 0.3) is 5.91 Å². The van der Waals surface area contributed by atoms with Gasteiger partial charge in [-0.1, -0.05) is 12.1 Å². The average Bonchev–Trinajstić information content (AvgIpc) is 2.25. The molecule has 86 valence electrons. The fourth-order valence-electron chi connectivity index (χ4n) is 1.09. The fraction of sp³-hybridized carbons (Fsp3) is 0.200. The number of rotatable bonds is 4. The maximum absolute atomic E-state index is 11.7. The van der Waals surface area contributed by atoms with Gasteiger partial charge in [-0.15, -0.1) is 12.6 Å². The minimum Gasteiger partial charge on any atom is -0.480 e. The second kappa shape index (κ2) is 5.81. The molecule has 1 atom stereocenters. The van der Waals surface area contributed by atoms with Gasteiger partial charge in [0, 0.05) is 10.6 Å². The number of thiol groups is 2. The van der Waals surface area contributed by atoms with E-state index in [-0.39, 0.29) is 5.75 Å². The van der Waals surface area contributed by atoms with E-state index in [0.29, 0.717) is 10.5 Å². The first-order chi connectivity index (χ1) is 7.56. The summed E-state index contributed by atoms with van der Waals surface area (Å²) >= 11 is 7.97. The number of carboxylic acid groups (broad SMARTS) is 1. The van der Waals surface area contributed by atoms with Crippen molar-refractivity contribution >= 4 is 37.1 Å². The zero-order valence-electron chi connectivity index (χ0n) is 8.25. The van der Waals surface area contributed by atoms with Gasteiger partial charge in [0.2, 0.25) is 0 Å². The lowest BCUT2D eigenvalue weighted by molar-refractivity contribution is -0.138. The molecule has 0 bridgehead atoms. The zero-order chi connectivity index (χ0) is 12.1. The van der Waals surface area contributed by atoms with Gasteiger partial charge in [-0.2, -0.15) is 12.6 Å². The summed E-state index contributed by atoms with van der Waals surface area (Å²) in [6.07, 6.45) is 0. The third kappa shape index (κ3) is 3.18. The highest BCUT2D eigenvalue weighted by atomic mass is 32.1. The van der Waals surface area contributed by atoms with E-state index in [4.69, 9.17) is 5.11 Å². The van der Waals surface area contributed by atoms with Crippen LogP contribution in [0.4, 0.5) is 0 Å². The van der Waals surface area contributed by atoms with E-state index in [9.17, 15) is 9.59 Å². The zero-order valence-corrected chi connectivity index (χ0v) is 10.0. The van der Waals surface area contributed by atoms with E-state index < -0.39 is 17.9 Å².